The molecule has 2 aliphatic heterocycles. The van der Waals surface area contributed by atoms with Crippen molar-refractivity contribution < 1.29 is 23.0 Å². The number of hydrogen-bond acceptors (Lipinski definition) is 5. The summed E-state index contributed by atoms with van der Waals surface area (Å²) in [6, 6.07) is 14.1. The van der Waals surface area contributed by atoms with Gasteiger partial charge < -0.3 is 19.3 Å². The van der Waals surface area contributed by atoms with Crippen molar-refractivity contribution in [3.05, 3.63) is 82.9 Å². The number of fused-ring (bicyclic) bond motifs is 2. The van der Waals surface area contributed by atoms with Crippen LogP contribution in [0.5, 0.6) is 17.2 Å². The number of amides is 1. The predicted molar refractivity (Wildman–Crippen MR) is 129 cm³/mol. The summed E-state index contributed by atoms with van der Waals surface area (Å²) in [6.07, 6.45) is 0. The van der Waals surface area contributed by atoms with Gasteiger partial charge in [-0.2, -0.15) is 0 Å². The molecule has 0 radical (unpaired) electrons. The highest BCUT2D eigenvalue weighted by atomic mass is 19.1. The van der Waals surface area contributed by atoms with Gasteiger partial charge in [0.15, 0.2) is 5.75 Å². The smallest absolute Gasteiger partial charge is 0.254 e. The van der Waals surface area contributed by atoms with Crippen molar-refractivity contribution >= 4 is 17.4 Å². The second-order valence-corrected chi connectivity index (χ2v) is 8.82. The third-order valence-corrected chi connectivity index (χ3v) is 6.29. The Morgan fingerprint density at radius 3 is 2.51 bits per heavy atom. The molecule has 1 saturated heterocycles. The highest BCUT2D eigenvalue weighted by Gasteiger charge is 2.32. The fourth-order valence-corrected chi connectivity index (χ4v) is 4.52. The molecule has 3 aromatic carbocycles. The fourth-order valence-electron chi connectivity index (χ4n) is 4.52. The first kappa shape index (κ1) is 22.8. The van der Waals surface area contributed by atoms with Crippen molar-refractivity contribution in [2.75, 3.05) is 26.7 Å². The number of piperazine rings is 1. The van der Waals surface area contributed by atoms with Crippen molar-refractivity contribution in [3.63, 3.8) is 0 Å². The van der Waals surface area contributed by atoms with E-state index in [1.807, 2.05) is 50.2 Å². The SMILES string of the molecule is COc1ccc2c(c1)C(N1CCN(C(=O)c3cc(F)cc(F)c3)C(C)C1)=Nc1ccc(C)cc1O2. The number of methoxy groups -OCH3 is 1. The normalized spacial score (nSPS) is 17.1. The number of aliphatic imine (C=N–C) groups is 1. The molecule has 35 heavy (non-hydrogen) atoms. The lowest BCUT2D eigenvalue weighted by Crippen LogP contribution is -2.55. The van der Waals surface area contributed by atoms with Crippen LogP contribution in [0.4, 0.5) is 14.5 Å². The minimum Gasteiger partial charge on any atom is -0.497 e. The van der Waals surface area contributed by atoms with Crippen LogP contribution in [0, 0.1) is 18.6 Å². The van der Waals surface area contributed by atoms with Gasteiger partial charge in [-0.25, -0.2) is 13.8 Å². The number of ether oxygens (including phenoxy) is 2. The molecule has 0 spiro atoms. The highest BCUT2D eigenvalue weighted by molar-refractivity contribution is 6.04. The first-order valence-corrected chi connectivity index (χ1v) is 11.4. The number of rotatable bonds is 2. The van der Waals surface area contributed by atoms with Gasteiger partial charge in [-0.05, 0) is 61.9 Å². The summed E-state index contributed by atoms with van der Waals surface area (Å²) in [5, 5.41) is 0. The van der Waals surface area contributed by atoms with Crippen molar-refractivity contribution in [1.82, 2.24) is 9.80 Å². The number of halogens is 2. The maximum atomic E-state index is 13.7. The van der Waals surface area contributed by atoms with Crippen LogP contribution in [0.15, 0.2) is 59.6 Å². The molecule has 0 saturated carbocycles. The molecule has 8 heteroatoms. The summed E-state index contributed by atoms with van der Waals surface area (Å²) < 4.78 is 39.1. The molecule has 1 amide bonds. The molecule has 1 atom stereocenters. The summed E-state index contributed by atoms with van der Waals surface area (Å²) in [5.74, 6) is 0.787. The Hall–Kier alpha value is -3.94. The second-order valence-electron chi connectivity index (χ2n) is 8.82. The molecule has 1 unspecified atom stereocenters. The van der Waals surface area contributed by atoms with E-state index < -0.39 is 17.5 Å². The molecule has 3 aromatic rings. The average molecular weight is 478 g/mol. The third-order valence-electron chi connectivity index (χ3n) is 6.29. The topological polar surface area (TPSA) is 54.4 Å². The molecular weight excluding hydrogens is 452 g/mol. The van der Waals surface area contributed by atoms with E-state index in [-0.39, 0.29) is 11.6 Å². The molecule has 6 nitrogen and oxygen atoms in total. The van der Waals surface area contributed by atoms with E-state index in [4.69, 9.17) is 14.5 Å². The lowest BCUT2D eigenvalue weighted by molar-refractivity contribution is 0.0580. The van der Waals surface area contributed by atoms with Crippen molar-refractivity contribution in [2.24, 2.45) is 4.99 Å². The molecule has 0 aliphatic carbocycles. The largest absolute Gasteiger partial charge is 0.497 e. The number of amidine groups is 1. The third kappa shape index (κ3) is 4.43. The molecular formula is C27H25F2N3O3. The summed E-state index contributed by atoms with van der Waals surface area (Å²) in [6.45, 7) is 5.26. The Bertz CT molecular complexity index is 1320. The molecule has 0 bridgehead atoms. The van der Waals surface area contributed by atoms with E-state index in [9.17, 15) is 13.6 Å². The molecule has 2 aliphatic rings. The molecule has 2 heterocycles. The Kier molecular flexibility index (Phi) is 5.88. The van der Waals surface area contributed by atoms with E-state index in [1.54, 1.807) is 12.0 Å². The maximum absolute atomic E-state index is 13.7. The first-order valence-electron chi connectivity index (χ1n) is 11.4. The number of carbonyl (C=O) groups is 1. The van der Waals surface area contributed by atoms with Crippen LogP contribution >= 0.6 is 0 Å². The van der Waals surface area contributed by atoms with E-state index >= 15 is 0 Å². The molecule has 180 valence electrons. The van der Waals surface area contributed by atoms with Crippen LogP contribution in [-0.4, -0.2) is 54.3 Å². The Morgan fingerprint density at radius 1 is 1.03 bits per heavy atom. The molecule has 0 aromatic heterocycles. The zero-order chi connectivity index (χ0) is 24.7. The van der Waals surface area contributed by atoms with Gasteiger partial charge in [0.1, 0.15) is 34.7 Å². The van der Waals surface area contributed by atoms with Gasteiger partial charge in [0.05, 0.1) is 12.7 Å². The fraction of sp³-hybridized carbons (Fsp3) is 0.259. The summed E-state index contributed by atoms with van der Waals surface area (Å²) in [4.78, 5) is 21.8. The van der Waals surface area contributed by atoms with Gasteiger partial charge in [0.2, 0.25) is 0 Å². The van der Waals surface area contributed by atoms with Gasteiger partial charge in [-0.15, -0.1) is 0 Å². The number of benzene rings is 3. The summed E-state index contributed by atoms with van der Waals surface area (Å²) in [5.41, 5.74) is 2.56. The van der Waals surface area contributed by atoms with Crippen LogP contribution in [0.3, 0.4) is 0 Å². The molecule has 5 rings (SSSR count). The van der Waals surface area contributed by atoms with E-state index in [0.29, 0.717) is 42.6 Å². The van der Waals surface area contributed by atoms with Crippen molar-refractivity contribution in [3.8, 4) is 17.2 Å². The lowest BCUT2D eigenvalue weighted by Gasteiger charge is -2.41. The molecule has 0 N–H and O–H groups in total. The quantitative estimate of drug-likeness (QED) is 0.502. The minimum atomic E-state index is -0.771. The molecule has 1 fully saturated rings. The van der Waals surface area contributed by atoms with Crippen LogP contribution in [0.1, 0.15) is 28.4 Å². The van der Waals surface area contributed by atoms with E-state index in [0.717, 1.165) is 35.2 Å². The van der Waals surface area contributed by atoms with Gasteiger partial charge in [-0.3, -0.25) is 4.79 Å². The standard InChI is InChI=1S/C27H25F2N3O3/c1-16-4-6-23-25(10-16)35-24-7-5-21(34-3)14-22(24)26(30-23)31-8-9-32(17(2)15-31)27(33)18-11-19(28)13-20(29)12-18/h4-7,10-14,17H,8-9,15H2,1-3H3. The van der Waals surface area contributed by atoms with Crippen molar-refractivity contribution in [1.29, 1.82) is 0 Å². The Labute approximate surface area is 202 Å². The van der Waals surface area contributed by atoms with Crippen LogP contribution in [0.2, 0.25) is 0 Å². The monoisotopic (exact) mass is 477 g/mol. The van der Waals surface area contributed by atoms with Crippen LogP contribution < -0.4 is 9.47 Å². The summed E-state index contributed by atoms with van der Waals surface area (Å²) >= 11 is 0. The number of hydrogen-bond donors (Lipinski definition) is 0. The summed E-state index contributed by atoms with van der Waals surface area (Å²) in [7, 11) is 1.61. The second kappa shape index (κ2) is 9.02. The van der Waals surface area contributed by atoms with Gasteiger partial charge in [-0.1, -0.05) is 6.07 Å². The maximum Gasteiger partial charge on any atom is 0.254 e. The number of aryl methyl sites for hydroxylation is 1. The van der Waals surface area contributed by atoms with Crippen LogP contribution in [-0.2, 0) is 0 Å². The average Bonchev–Trinajstić information content (AvgIpc) is 2.98. The van der Waals surface area contributed by atoms with Crippen molar-refractivity contribution in [2.45, 2.75) is 19.9 Å². The lowest BCUT2D eigenvalue weighted by atomic mass is 10.1. The first-order chi connectivity index (χ1) is 16.8. The zero-order valence-electron chi connectivity index (χ0n) is 19.7. The zero-order valence-corrected chi connectivity index (χ0v) is 19.7. The van der Waals surface area contributed by atoms with Crippen LogP contribution in [0.25, 0.3) is 0 Å². The minimum absolute atomic E-state index is 0.00221. The van der Waals surface area contributed by atoms with E-state index in [1.165, 1.54) is 0 Å². The van der Waals surface area contributed by atoms with E-state index in [2.05, 4.69) is 4.90 Å². The van der Waals surface area contributed by atoms with Gasteiger partial charge in [0.25, 0.3) is 5.91 Å². The Morgan fingerprint density at radius 2 is 1.80 bits per heavy atom. The highest BCUT2D eigenvalue weighted by Crippen LogP contribution is 2.40. The predicted octanol–water partition coefficient (Wildman–Crippen LogP) is 5.31. The Balaban J connectivity index is 1.47. The number of nitrogens with zero attached hydrogens (tertiary/aromatic N) is 3. The number of carbonyl (C=O) groups excluding carboxylic acids is 1. The van der Waals surface area contributed by atoms with Gasteiger partial charge in [0, 0.05) is 37.3 Å². The van der Waals surface area contributed by atoms with Gasteiger partial charge >= 0.3 is 0 Å².